The lowest BCUT2D eigenvalue weighted by Crippen LogP contribution is -2.37. The zero-order valence-corrected chi connectivity index (χ0v) is 12.9. The highest BCUT2D eigenvalue weighted by atomic mass is 19.1. The molecule has 1 heterocycles. The van der Waals surface area contributed by atoms with Crippen LogP contribution in [0.4, 0.5) is 10.1 Å². The van der Waals surface area contributed by atoms with Gasteiger partial charge in [0.25, 0.3) is 0 Å². The van der Waals surface area contributed by atoms with Crippen LogP contribution in [0.25, 0.3) is 0 Å². The lowest BCUT2D eigenvalue weighted by Gasteiger charge is -2.34. The molecule has 21 heavy (non-hydrogen) atoms. The highest BCUT2D eigenvalue weighted by Crippen LogP contribution is 2.29. The number of aliphatic hydroxyl groups excluding tert-OH is 1. The average molecular weight is 292 g/mol. The number of hydrogen-bond acceptors (Lipinski definition) is 3. The lowest BCUT2D eigenvalue weighted by atomic mass is 10.0. The maximum absolute atomic E-state index is 13.6. The van der Waals surface area contributed by atoms with E-state index in [0.29, 0.717) is 0 Å². The molecule has 1 fully saturated rings. The lowest BCUT2D eigenvalue weighted by molar-refractivity contribution is 0.145. The number of rotatable bonds is 5. The van der Waals surface area contributed by atoms with Crippen molar-refractivity contribution < 1.29 is 9.50 Å². The van der Waals surface area contributed by atoms with Gasteiger partial charge in [-0.05, 0) is 50.5 Å². The predicted molar refractivity (Wildman–Crippen MR) is 85.1 cm³/mol. The van der Waals surface area contributed by atoms with E-state index >= 15 is 0 Å². The standard InChI is InChI=1S/C17H25FN2O/c1-12(2)11-19-13(3)16-10-14(18)4-5-17(16)20-8-6-15(21)7-9-20/h4-5,10,13,15,19,21H,1,6-9,11H2,2-3H3/t13-/m0/s1. The van der Waals surface area contributed by atoms with Gasteiger partial charge < -0.3 is 15.3 Å². The van der Waals surface area contributed by atoms with Gasteiger partial charge in [-0.2, -0.15) is 0 Å². The van der Waals surface area contributed by atoms with E-state index in [2.05, 4.69) is 16.8 Å². The van der Waals surface area contributed by atoms with E-state index in [-0.39, 0.29) is 18.0 Å². The Morgan fingerprint density at radius 2 is 2.14 bits per heavy atom. The molecule has 2 N–H and O–H groups in total. The Hall–Kier alpha value is -1.39. The first kappa shape index (κ1) is 16.0. The molecule has 1 aromatic rings. The van der Waals surface area contributed by atoms with Crippen LogP contribution in [0.2, 0.25) is 0 Å². The molecule has 1 saturated heterocycles. The third-order valence-electron chi connectivity index (χ3n) is 3.97. The summed E-state index contributed by atoms with van der Waals surface area (Å²) < 4.78 is 13.6. The minimum atomic E-state index is -0.213. The van der Waals surface area contributed by atoms with Crippen molar-refractivity contribution in [2.75, 3.05) is 24.5 Å². The van der Waals surface area contributed by atoms with Gasteiger partial charge in [0.2, 0.25) is 0 Å². The Labute approximate surface area is 126 Å². The smallest absolute Gasteiger partial charge is 0.123 e. The topological polar surface area (TPSA) is 35.5 Å². The maximum atomic E-state index is 13.6. The monoisotopic (exact) mass is 292 g/mol. The molecule has 0 spiro atoms. The molecule has 0 unspecified atom stereocenters. The fourth-order valence-electron chi connectivity index (χ4n) is 2.70. The molecule has 1 aliphatic rings. The molecule has 0 aromatic heterocycles. The summed E-state index contributed by atoms with van der Waals surface area (Å²) in [6, 6.07) is 5.02. The number of piperidine rings is 1. The molecule has 0 bridgehead atoms. The van der Waals surface area contributed by atoms with Crippen molar-refractivity contribution in [3.05, 3.63) is 41.7 Å². The Bertz CT molecular complexity index is 496. The minimum Gasteiger partial charge on any atom is -0.393 e. The zero-order chi connectivity index (χ0) is 15.4. The fourth-order valence-corrected chi connectivity index (χ4v) is 2.70. The van der Waals surface area contributed by atoms with Gasteiger partial charge in [0.05, 0.1) is 6.10 Å². The Morgan fingerprint density at radius 1 is 1.48 bits per heavy atom. The molecule has 4 heteroatoms. The summed E-state index contributed by atoms with van der Waals surface area (Å²) in [5, 5.41) is 13.0. The number of nitrogens with one attached hydrogen (secondary N) is 1. The first-order valence-corrected chi connectivity index (χ1v) is 7.57. The van der Waals surface area contributed by atoms with Gasteiger partial charge in [0.15, 0.2) is 0 Å². The number of hydrogen-bond donors (Lipinski definition) is 2. The second-order valence-electron chi connectivity index (χ2n) is 5.98. The summed E-state index contributed by atoms with van der Waals surface area (Å²) in [5.74, 6) is -0.213. The molecule has 1 atom stereocenters. The summed E-state index contributed by atoms with van der Waals surface area (Å²) in [6.07, 6.45) is 1.33. The molecule has 2 rings (SSSR count). The first-order chi connectivity index (χ1) is 9.97. The number of anilines is 1. The molecule has 0 saturated carbocycles. The van der Waals surface area contributed by atoms with E-state index < -0.39 is 0 Å². The Balaban J connectivity index is 2.18. The quantitative estimate of drug-likeness (QED) is 0.819. The third-order valence-corrected chi connectivity index (χ3v) is 3.97. The average Bonchev–Trinajstić information content (AvgIpc) is 2.45. The van der Waals surface area contributed by atoms with Crippen LogP contribution in [-0.2, 0) is 0 Å². The molecule has 1 aromatic carbocycles. The fraction of sp³-hybridized carbons (Fsp3) is 0.529. The maximum Gasteiger partial charge on any atom is 0.123 e. The van der Waals surface area contributed by atoms with Crippen molar-refractivity contribution in [3.63, 3.8) is 0 Å². The van der Waals surface area contributed by atoms with E-state index in [9.17, 15) is 9.50 Å². The molecule has 3 nitrogen and oxygen atoms in total. The number of benzene rings is 1. The molecule has 0 amide bonds. The molecule has 0 radical (unpaired) electrons. The van der Waals surface area contributed by atoms with E-state index in [1.165, 1.54) is 6.07 Å². The van der Waals surface area contributed by atoms with Crippen LogP contribution in [0.1, 0.15) is 38.3 Å². The van der Waals surface area contributed by atoms with Gasteiger partial charge in [0.1, 0.15) is 5.82 Å². The van der Waals surface area contributed by atoms with Crippen LogP contribution >= 0.6 is 0 Å². The van der Waals surface area contributed by atoms with Gasteiger partial charge >= 0.3 is 0 Å². The predicted octanol–water partition coefficient (Wildman–Crippen LogP) is 3.01. The number of aliphatic hydroxyl groups is 1. The summed E-state index contributed by atoms with van der Waals surface area (Å²) in [5.41, 5.74) is 3.08. The van der Waals surface area contributed by atoms with E-state index in [1.807, 2.05) is 19.9 Å². The van der Waals surface area contributed by atoms with Crippen LogP contribution in [0, 0.1) is 5.82 Å². The van der Waals surface area contributed by atoms with Gasteiger partial charge in [0, 0.05) is 31.4 Å². The summed E-state index contributed by atoms with van der Waals surface area (Å²) in [6.45, 7) is 10.2. The third kappa shape index (κ3) is 4.29. The first-order valence-electron chi connectivity index (χ1n) is 7.57. The molecule has 0 aliphatic carbocycles. The SMILES string of the molecule is C=C(C)CN[C@@H](C)c1cc(F)ccc1N1CCC(O)CC1. The van der Waals surface area contributed by atoms with Crippen molar-refractivity contribution in [1.82, 2.24) is 5.32 Å². The van der Waals surface area contributed by atoms with Gasteiger partial charge in [-0.15, -0.1) is 0 Å². The van der Waals surface area contributed by atoms with Crippen LogP contribution in [0.5, 0.6) is 0 Å². The number of nitrogens with zero attached hydrogens (tertiary/aromatic N) is 1. The van der Waals surface area contributed by atoms with Crippen molar-refractivity contribution in [2.45, 2.75) is 38.8 Å². The van der Waals surface area contributed by atoms with Gasteiger partial charge in [-0.25, -0.2) is 4.39 Å². The number of halogens is 1. The molecular formula is C17H25FN2O. The minimum absolute atomic E-state index is 0.0549. The van der Waals surface area contributed by atoms with Crippen molar-refractivity contribution >= 4 is 5.69 Å². The zero-order valence-electron chi connectivity index (χ0n) is 12.9. The molecular weight excluding hydrogens is 267 g/mol. The second kappa shape index (κ2) is 7.05. The van der Waals surface area contributed by atoms with Crippen LogP contribution in [-0.4, -0.2) is 30.8 Å². The van der Waals surface area contributed by atoms with Crippen molar-refractivity contribution in [1.29, 1.82) is 0 Å². The molecule has 116 valence electrons. The van der Waals surface area contributed by atoms with E-state index in [1.54, 1.807) is 6.07 Å². The summed E-state index contributed by atoms with van der Waals surface area (Å²) in [7, 11) is 0. The van der Waals surface area contributed by atoms with Crippen LogP contribution in [0.3, 0.4) is 0 Å². The largest absolute Gasteiger partial charge is 0.393 e. The normalized spacial score (nSPS) is 17.8. The van der Waals surface area contributed by atoms with Gasteiger partial charge in [-0.3, -0.25) is 0 Å². The van der Waals surface area contributed by atoms with Crippen LogP contribution in [0.15, 0.2) is 30.4 Å². The Morgan fingerprint density at radius 3 is 2.76 bits per heavy atom. The Kier molecular flexibility index (Phi) is 5.37. The van der Waals surface area contributed by atoms with Crippen molar-refractivity contribution in [3.8, 4) is 0 Å². The van der Waals surface area contributed by atoms with Gasteiger partial charge in [-0.1, -0.05) is 12.2 Å². The highest BCUT2D eigenvalue weighted by molar-refractivity contribution is 5.55. The van der Waals surface area contributed by atoms with E-state index in [4.69, 9.17) is 0 Å². The second-order valence-corrected chi connectivity index (χ2v) is 5.98. The highest BCUT2D eigenvalue weighted by Gasteiger charge is 2.21. The van der Waals surface area contributed by atoms with Crippen molar-refractivity contribution in [2.24, 2.45) is 0 Å². The van der Waals surface area contributed by atoms with E-state index in [0.717, 1.165) is 49.3 Å². The van der Waals surface area contributed by atoms with Crippen LogP contribution < -0.4 is 10.2 Å². The molecule has 1 aliphatic heterocycles. The summed E-state index contributed by atoms with van der Waals surface area (Å²) >= 11 is 0. The summed E-state index contributed by atoms with van der Waals surface area (Å²) in [4.78, 5) is 2.24.